The fraction of sp³-hybridized carbons (Fsp3) is 0.250. The molecule has 1 N–H and O–H groups in total. The molecule has 3 amide bonds. The Kier molecular flexibility index (Phi) is 7.09. The van der Waals surface area contributed by atoms with Gasteiger partial charge >= 0.3 is 0 Å². The average Bonchev–Trinajstić information content (AvgIpc) is 3.44. The first-order valence-corrected chi connectivity index (χ1v) is 12.8. The number of nitrogens with one attached hydrogen (secondary N) is 1. The quantitative estimate of drug-likeness (QED) is 0.420. The van der Waals surface area contributed by atoms with Crippen LogP contribution in [0.25, 0.3) is 0 Å². The highest BCUT2D eigenvalue weighted by molar-refractivity contribution is 9.10. The zero-order valence-corrected chi connectivity index (χ0v) is 22.6. The van der Waals surface area contributed by atoms with E-state index in [0.29, 0.717) is 40.7 Å². The molecule has 0 spiro atoms. The fourth-order valence-corrected chi connectivity index (χ4v) is 5.38. The molecule has 196 valence electrons. The van der Waals surface area contributed by atoms with Gasteiger partial charge in [0.2, 0.25) is 5.91 Å². The number of fused-ring (bicyclic) bond motifs is 1. The molecule has 10 heteroatoms. The minimum atomic E-state index is -1.06. The third kappa shape index (κ3) is 4.39. The van der Waals surface area contributed by atoms with E-state index < -0.39 is 35.7 Å². The van der Waals surface area contributed by atoms with E-state index in [1.165, 1.54) is 12.1 Å². The minimum absolute atomic E-state index is 0.368. The lowest BCUT2D eigenvalue weighted by Crippen LogP contribution is -2.48. The van der Waals surface area contributed by atoms with Gasteiger partial charge in [-0.2, -0.15) is 0 Å². The third-order valence-corrected chi connectivity index (χ3v) is 7.20. The fourth-order valence-electron chi connectivity index (χ4n) is 4.98. The molecule has 0 aromatic heterocycles. The molecule has 2 aliphatic heterocycles. The smallest absolute Gasteiger partial charge is 0.268 e. The van der Waals surface area contributed by atoms with E-state index in [2.05, 4.69) is 21.4 Å². The summed E-state index contributed by atoms with van der Waals surface area (Å²) >= 11 is 3.40. The van der Waals surface area contributed by atoms with E-state index in [0.717, 1.165) is 9.37 Å². The molecule has 0 saturated carbocycles. The van der Waals surface area contributed by atoms with Gasteiger partial charge in [0.1, 0.15) is 23.3 Å². The minimum Gasteiger partial charge on any atom is -0.497 e. The number of hydrazine groups is 1. The Morgan fingerprint density at radius 2 is 1.68 bits per heavy atom. The van der Waals surface area contributed by atoms with Crippen molar-refractivity contribution in [3.8, 4) is 17.2 Å². The number of hydrogen-bond acceptors (Lipinski definition) is 7. The second-order valence-corrected chi connectivity index (χ2v) is 9.73. The number of carbonyl (C=O) groups is 3. The largest absolute Gasteiger partial charge is 0.497 e. The molecule has 2 heterocycles. The highest BCUT2D eigenvalue weighted by Gasteiger charge is 2.60. The molecular formula is C28H26BrN3O6. The maximum absolute atomic E-state index is 13.9. The Bertz CT molecular complexity index is 1400. The number of rotatable bonds is 7. The Hall–Kier alpha value is -3.89. The summed E-state index contributed by atoms with van der Waals surface area (Å²) < 4.78 is 17.1. The monoisotopic (exact) mass is 579 g/mol. The second-order valence-electron chi connectivity index (χ2n) is 8.81. The van der Waals surface area contributed by atoms with E-state index in [4.69, 9.17) is 14.2 Å². The van der Waals surface area contributed by atoms with Gasteiger partial charge in [-0.15, -0.1) is 0 Å². The SMILES string of the molecule is CCOc1ccc(N2C(=O)C3C(c4ccc(OC)cc4OC)NN(C(=O)c4cccc(Br)c4)C3C2=O)cc1. The van der Waals surface area contributed by atoms with Crippen molar-refractivity contribution in [3.63, 3.8) is 0 Å². The van der Waals surface area contributed by atoms with Gasteiger partial charge in [0.05, 0.1) is 38.5 Å². The van der Waals surface area contributed by atoms with Gasteiger partial charge in [-0.25, -0.2) is 10.3 Å². The van der Waals surface area contributed by atoms with Crippen molar-refractivity contribution >= 4 is 39.3 Å². The first-order chi connectivity index (χ1) is 18.4. The summed E-state index contributed by atoms with van der Waals surface area (Å²) in [7, 11) is 3.06. The van der Waals surface area contributed by atoms with Crippen LogP contribution in [0.1, 0.15) is 28.9 Å². The van der Waals surface area contributed by atoms with Crippen molar-refractivity contribution in [2.24, 2.45) is 5.92 Å². The van der Waals surface area contributed by atoms with Crippen LogP contribution >= 0.6 is 15.9 Å². The van der Waals surface area contributed by atoms with Crippen LogP contribution in [0.15, 0.2) is 71.2 Å². The van der Waals surface area contributed by atoms with Gasteiger partial charge < -0.3 is 14.2 Å². The third-order valence-electron chi connectivity index (χ3n) is 6.71. The number of ether oxygens (including phenoxy) is 3. The molecule has 0 bridgehead atoms. The molecular weight excluding hydrogens is 554 g/mol. The van der Waals surface area contributed by atoms with Gasteiger partial charge in [0, 0.05) is 21.7 Å². The van der Waals surface area contributed by atoms with Crippen LogP contribution < -0.4 is 24.5 Å². The molecule has 3 unspecified atom stereocenters. The number of anilines is 1. The summed E-state index contributed by atoms with van der Waals surface area (Å²) in [6, 6.07) is 17.1. The number of halogens is 1. The van der Waals surface area contributed by atoms with E-state index in [1.54, 1.807) is 73.8 Å². The maximum atomic E-state index is 13.9. The van der Waals surface area contributed by atoms with Crippen LogP contribution in [-0.4, -0.2) is 49.6 Å². The zero-order valence-electron chi connectivity index (χ0n) is 21.0. The van der Waals surface area contributed by atoms with Gasteiger partial charge in [-0.3, -0.25) is 19.4 Å². The molecule has 2 saturated heterocycles. The van der Waals surface area contributed by atoms with E-state index >= 15 is 0 Å². The van der Waals surface area contributed by atoms with Gasteiger partial charge in [0.15, 0.2) is 0 Å². The molecule has 3 atom stereocenters. The van der Waals surface area contributed by atoms with Gasteiger partial charge in [-0.05, 0) is 61.5 Å². The van der Waals surface area contributed by atoms with E-state index in [9.17, 15) is 14.4 Å². The van der Waals surface area contributed by atoms with Crippen molar-refractivity contribution in [2.45, 2.75) is 19.0 Å². The van der Waals surface area contributed by atoms with Crippen LogP contribution in [0.3, 0.4) is 0 Å². The standard InChI is InChI=1S/C28H26BrN3O6/c1-4-38-19-10-8-18(9-11-19)31-27(34)23-24(21-13-12-20(36-2)15-22(21)37-3)30-32(25(23)28(31)35)26(33)16-6-5-7-17(29)14-16/h5-15,23-25,30H,4H2,1-3H3. The molecule has 2 aliphatic rings. The normalized spacial score (nSPS) is 20.5. The lowest BCUT2D eigenvalue weighted by Gasteiger charge is -2.26. The molecule has 9 nitrogen and oxygen atoms in total. The lowest BCUT2D eigenvalue weighted by atomic mass is 9.90. The van der Waals surface area contributed by atoms with Crippen molar-refractivity contribution in [2.75, 3.05) is 25.7 Å². The number of methoxy groups -OCH3 is 2. The van der Waals surface area contributed by atoms with Crippen LogP contribution in [0.5, 0.6) is 17.2 Å². The predicted octanol–water partition coefficient (Wildman–Crippen LogP) is 4.12. The summed E-state index contributed by atoms with van der Waals surface area (Å²) in [5.41, 5.74) is 4.56. The predicted molar refractivity (Wildman–Crippen MR) is 143 cm³/mol. The average molecular weight is 580 g/mol. The summed E-state index contributed by atoms with van der Waals surface area (Å²) in [5.74, 6) is -0.536. The molecule has 3 aromatic rings. The highest BCUT2D eigenvalue weighted by atomic mass is 79.9. The molecule has 5 rings (SSSR count). The summed E-state index contributed by atoms with van der Waals surface area (Å²) in [6.07, 6.45) is 0. The van der Waals surface area contributed by atoms with E-state index in [1.807, 2.05) is 6.92 Å². The van der Waals surface area contributed by atoms with Gasteiger partial charge in [-0.1, -0.05) is 22.0 Å². The van der Waals surface area contributed by atoms with Crippen LogP contribution in [0.4, 0.5) is 5.69 Å². The van der Waals surface area contributed by atoms with Gasteiger partial charge in [0.25, 0.3) is 11.8 Å². The van der Waals surface area contributed by atoms with Crippen molar-refractivity contribution in [1.82, 2.24) is 10.4 Å². The lowest BCUT2D eigenvalue weighted by molar-refractivity contribution is -0.123. The number of imide groups is 1. The number of amides is 3. The first kappa shape index (κ1) is 25.7. The Balaban J connectivity index is 1.58. The number of nitrogens with zero attached hydrogens (tertiary/aromatic N) is 2. The second kappa shape index (κ2) is 10.5. The Morgan fingerprint density at radius 3 is 2.34 bits per heavy atom. The van der Waals surface area contributed by atoms with Crippen molar-refractivity contribution < 1.29 is 28.6 Å². The topological polar surface area (TPSA) is 97.4 Å². The van der Waals surface area contributed by atoms with Crippen LogP contribution in [-0.2, 0) is 9.59 Å². The highest BCUT2D eigenvalue weighted by Crippen LogP contribution is 2.45. The number of benzene rings is 3. The zero-order chi connectivity index (χ0) is 27.0. The van der Waals surface area contributed by atoms with Crippen molar-refractivity contribution in [3.05, 3.63) is 82.3 Å². The van der Waals surface area contributed by atoms with Crippen molar-refractivity contribution in [1.29, 1.82) is 0 Å². The van der Waals surface area contributed by atoms with Crippen LogP contribution in [0.2, 0.25) is 0 Å². The number of carbonyl (C=O) groups excluding carboxylic acids is 3. The summed E-state index contributed by atoms with van der Waals surface area (Å²) in [5, 5.41) is 1.27. The Morgan fingerprint density at radius 1 is 0.947 bits per heavy atom. The maximum Gasteiger partial charge on any atom is 0.268 e. The summed E-state index contributed by atoms with van der Waals surface area (Å²) in [6.45, 7) is 2.37. The Labute approximate surface area is 228 Å². The summed E-state index contributed by atoms with van der Waals surface area (Å²) in [4.78, 5) is 42.6. The molecule has 0 radical (unpaired) electrons. The first-order valence-electron chi connectivity index (χ1n) is 12.1. The molecule has 0 aliphatic carbocycles. The van der Waals surface area contributed by atoms with E-state index in [-0.39, 0.29) is 0 Å². The number of hydrogen-bond donors (Lipinski definition) is 1. The molecule has 2 fully saturated rings. The molecule has 3 aromatic carbocycles. The molecule has 38 heavy (non-hydrogen) atoms. The van der Waals surface area contributed by atoms with Crippen LogP contribution in [0, 0.1) is 5.92 Å².